The first-order valence-corrected chi connectivity index (χ1v) is 9.08. The Labute approximate surface area is 151 Å². The van der Waals surface area contributed by atoms with Crippen molar-refractivity contribution in [3.05, 3.63) is 40.7 Å². The van der Waals surface area contributed by atoms with E-state index in [1.165, 1.54) is 11.3 Å². The van der Waals surface area contributed by atoms with E-state index < -0.39 is 0 Å². The average Bonchev–Trinajstić information content (AvgIpc) is 3.08. The zero-order valence-electron chi connectivity index (χ0n) is 14.6. The van der Waals surface area contributed by atoms with Gasteiger partial charge in [0.1, 0.15) is 10.6 Å². The van der Waals surface area contributed by atoms with Crippen LogP contribution in [0.4, 0.5) is 5.13 Å². The highest BCUT2D eigenvalue weighted by Gasteiger charge is 2.12. The Morgan fingerprint density at radius 1 is 1.12 bits per heavy atom. The number of aromatic nitrogens is 2. The smallest absolute Gasteiger partial charge is 0.269 e. The van der Waals surface area contributed by atoms with Crippen LogP contribution in [0.1, 0.15) is 52.9 Å². The number of pyridine rings is 1. The van der Waals surface area contributed by atoms with Crippen molar-refractivity contribution in [2.45, 2.75) is 39.8 Å². The van der Waals surface area contributed by atoms with E-state index in [2.05, 4.69) is 39.8 Å². The molecule has 0 saturated carbocycles. The molecule has 0 saturated heterocycles. The first-order valence-electron chi connectivity index (χ1n) is 8.27. The molecule has 0 aliphatic carbocycles. The van der Waals surface area contributed by atoms with Crippen LogP contribution in [-0.2, 0) is 6.54 Å². The van der Waals surface area contributed by atoms with Gasteiger partial charge in [-0.3, -0.25) is 14.6 Å². The molecule has 0 radical (unpaired) electrons. The van der Waals surface area contributed by atoms with E-state index in [1.807, 2.05) is 6.92 Å². The number of rotatable bonds is 8. The molecule has 0 bridgehead atoms. The van der Waals surface area contributed by atoms with Crippen LogP contribution in [-0.4, -0.2) is 34.4 Å². The molecule has 0 aliphatic rings. The van der Waals surface area contributed by atoms with Crippen molar-refractivity contribution in [1.82, 2.24) is 20.6 Å². The van der Waals surface area contributed by atoms with Gasteiger partial charge >= 0.3 is 0 Å². The summed E-state index contributed by atoms with van der Waals surface area (Å²) in [5.74, 6) is -0.383. The van der Waals surface area contributed by atoms with Gasteiger partial charge in [-0.1, -0.05) is 24.3 Å². The van der Waals surface area contributed by atoms with Crippen LogP contribution >= 0.6 is 11.3 Å². The molecule has 0 aliphatic heterocycles. The molecular formula is C17H23N5O2S. The van der Waals surface area contributed by atoms with E-state index in [4.69, 9.17) is 0 Å². The minimum atomic E-state index is -0.205. The summed E-state index contributed by atoms with van der Waals surface area (Å²) >= 11 is 1.33. The Morgan fingerprint density at radius 2 is 1.92 bits per heavy atom. The lowest BCUT2D eigenvalue weighted by Gasteiger charge is -2.08. The van der Waals surface area contributed by atoms with Crippen LogP contribution in [0.15, 0.2) is 24.5 Å². The summed E-state index contributed by atoms with van der Waals surface area (Å²) in [6, 6.07) is 3.74. The molecule has 0 unspecified atom stereocenters. The molecule has 2 rings (SSSR count). The number of carbonyl (C=O) groups excluding carboxylic acids is 2. The first-order chi connectivity index (χ1) is 12.0. The second kappa shape index (κ2) is 9.12. The Balaban J connectivity index is 1.88. The summed E-state index contributed by atoms with van der Waals surface area (Å²) in [6.45, 7) is 6.91. The predicted molar refractivity (Wildman–Crippen MR) is 98.9 cm³/mol. The molecule has 134 valence electrons. The van der Waals surface area contributed by atoms with Gasteiger partial charge in [-0.15, -0.1) is 0 Å². The molecule has 7 nitrogen and oxygen atoms in total. The molecule has 2 aromatic rings. The van der Waals surface area contributed by atoms with Gasteiger partial charge in [0.05, 0.1) is 6.20 Å². The van der Waals surface area contributed by atoms with E-state index >= 15 is 0 Å². The zero-order chi connectivity index (χ0) is 18.2. The van der Waals surface area contributed by atoms with Crippen LogP contribution in [0.2, 0.25) is 0 Å². The summed E-state index contributed by atoms with van der Waals surface area (Å²) in [5.41, 5.74) is 1.18. The van der Waals surface area contributed by atoms with Crippen molar-refractivity contribution < 1.29 is 9.59 Å². The summed E-state index contributed by atoms with van der Waals surface area (Å²) in [7, 11) is 0. The number of nitrogens with zero attached hydrogens (tertiary/aromatic N) is 2. The third-order valence-electron chi connectivity index (χ3n) is 3.56. The van der Waals surface area contributed by atoms with Gasteiger partial charge < -0.3 is 16.0 Å². The fraction of sp³-hybridized carbons (Fsp3) is 0.412. The maximum Gasteiger partial charge on any atom is 0.269 e. The van der Waals surface area contributed by atoms with Gasteiger partial charge in [0.2, 0.25) is 0 Å². The molecule has 0 spiro atoms. The number of thiazole rings is 1. The lowest BCUT2D eigenvalue weighted by molar-refractivity contribution is 0.0943. The quantitative estimate of drug-likeness (QED) is 0.671. The Hall–Kier alpha value is -2.48. The van der Waals surface area contributed by atoms with Crippen molar-refractivity contribution in [2.75, 3.05) is 11.9 Å². The zero-order valence-corrected chi connectivity index (χ0v) is 15.4. The maximum absolute atomic E-state index is 12.2. The minimum absolute atomic E-state index is 0.178. The van der Waals surface area contributed by atoms with Gasteiger partial charge in [0.25, 0.3) is 11.8 Å². The van der Waals surface area contributed by atoms with Gasteiger partial charge in [0.15, 0.2) is 5.13 Å². The summed E-state index contributed by atoms with van der Waals surface area (Å²) in [4.78, 5) is 32.7. The van der Waals surface area contributed by atoms with Crippen LogP contribution in [0, 0.1) is 0 Å². The summed E-state index contributed by atoms with van der Waals surface area (Å²) < 4.78 is 0. The molecule has 0 aromatic carbocycles. The Morgan fingerprint density at radius 3 is 2.56 bits per heavy atom. The largest absolute Gasteiger partial charge is 0.359 e. The van der Waals surface area contributed by atoms with Crippen molar-refractivity contribution in [2.24, 2.45) is 0 Å². The molecule has 2 amide bonds. The second-order valence-electron chi connectivity index (χ2n) is 5.58. The second-order valence-corrected chi connectivity index (χ2v) is 6.61. The maximum atomic E-state index is 12.2. The molecule has 1 atom stereocenters. The van der Waals surface area contributed by atoms with Crippen molar-refractivity contribution in [3.8, 4) is 0 Å². The Bertz CT molecular complexity index is 714. The third kappa shape index (κ3) is 5.53. The van der Waals surface area contributed by atoms with Gasteiger partial charge in [-0.25, -0.2) is 4.98 Å². The average molecular weight is 361 g/mol. The Kier molecular flexibility index (Phi) is 6.88. The fourth-order valence-electron chi connectivity index (χ4n) is 1.94. The normalized spacial score (nSPS) is 11.6. The summed E-state index contributed by atoms with van der Waals surface area (Å²) in [5, 5.41) is 9.51. The highest BCUT2D eigenvalue weighted by Crippen LogP contribution is 2.19. The highest BCUT2D eigenvalue weighted by molar-refractivity contribution is 7.17. The van der Waals surface area contributed by atoms with Crippen LogP contribution < -0.4 is 16.0 Å². The highest BCUT2D eigenvalue weighted by atomic mass is 32.1. The topological polar surface area (TPSA) is 96.0 Å². The van der Waals surface area contributed by atoms with Crippen molar-refractivity contribution >= 4 is 28.3 Å². The number of anilines is 1. The monoisotopic (exact) mass is 361 g/mol. The van der Waals surface area contributed by atoms with Crippen molar-refractivity contribution in [1.29, 1.82) is 0 Å². The summed E-state index contributed by atoms with van der Waals surface area (Å²) in [6.07, 6.45) is 4.15. The number of hydrogen-bond acceptors (Lipinski definition) is 6. The number of nitrogens with one attached hydrogen (secondary N) is 3. The molecule has 2 heterocycles. The lowest BCUT2D eigenvalue weighted by Crippen LogP contribution is -2.24. The molecule has 25 heavy (non-hydrogen) atoms. The minimum Gasteiger partial charge on any atom is -0.359 e. The van der Waals surface area contributed by atoms with E-state index in [0.717, 1.165) is 17.1 Å². The van der Waals surface area contributed by atoms with Crippen LogP contribution in [0.5, 0.6) is 0 Å². The van der Waals surface area contributed by atoms with E-state index in [1.54, 1.807) is 24.5 Å². The van der Waals surface area contributed by atoms with Gasteiger partial charge in [0, 0.05) is 25.3 Å². The third-order valence-corrected chi connectivity index (χ3v) is 4.49. The molecule has 8 heteroatoms. The predicted octanol–water partition coefficient (Wildman–Crippen LogP) is 2.43. The lowest BCUT2D eigenvalue weighted by atomic mass is 10.2. The number of carbonyl (C=O) groups is 2. The van der Waals surface area contributed by atoms with Crippen LogP contribution in [0.25, 0.3) is 0 Å². The first kappa shape index (κ1) is 18.9. The molecule has 3 N–H and O–H groups in total. The van der Waals surface area contributed by atoms with E-state index in [0.29, 0.717) is 29.7 Å². The van der Waals surface area contributed by atoms with Crippen LogP contribution in [0.3, 0.4) is 0 Å². The van der Waals surface area contributed by atoms with Gasteiger partial charge in [-0.2, -0.15) is 0 Å². The fourth-order valence-corrected chi connectivity index (χ4v) is 2.79. The van der Waals surface area contributed by atoms with Crippen molar-refractivity contribution in [3.63, 3.8) is 0 Å². The standard InChI is InChI=1S/C17H23N5O2S/c1-4-11(3)22-17-21-10-14(25-17)16(24)20-9-12-6-7-13(19-8-12)15(23)18-5-2/h6-8,10-11H,4-5,9H2,1-3H3,(H,18,23)(H,20,24)(H,21,22)/t11-/m1/s1. The van der Waals surface area contributed by atoms with E-state index in [-0.39, 0.29) is 11.8 Å². The molecule has 2 aromatic heterocycles. The number of hydrogen-bond donors (Lipinski definition) is 3. The SMILES string of the molecule is CCNC(=O)c1ccc(CNC(=O)c2cnc(N[C@H](C)CC)s2)cn1. The van der Waals surface area contributed by atoms with Gasteiger partial charge in [-0.05, 0) is 31.9 Å². The number of amides is 2. The van der Waals surface area contributed by atoms with E-state index in [9.17, 15) is 9.59 Å². The molecular weight excluding hydrogens is 338 g/mol. The molecule has 0 fully saturated rings.